The second-order valence-corrected chi connectivity index (χ2v) is 9.62. The van der Waals surface area contributed by atoms with Crippen molar-refractivity contribution in [3.63, 3.8) is 0 Å². The van der Waals surface area contributed by atoms with Gasteiger partial charge in [-0.3, -0.25) is 14.6 Å². The van der Waals surface area contributed by atoms with Crippen molar-refractivity contribution in [1.29, 1.82) is 0 Å². The van der Waals surface area contributed by atoms with Gasteiger partial charge in [0, 0.05) is 37.9 Å². The molecule has 0 spiro atoms. The number of benzene rings is 1. The maximum atomic E-state index is 12.0. The second kappa shape index (κ2) is 9.59. The molecule has 4 heterocycles. The third-order valence-electron chi connectivity index (χ3n) is 7.50. The maximum Gasteiger partial charge on any atom is 0.325 e. The Hall–Kier alpha value is -2.44. The summed E-state index contributed by atoms with van der Waals surface area (Å²) in [6.07, 6.45) is 6.85. The van der Waals surface area contributed by atoms with Crippen LogP contribution in [0.25, 0.3) is 0 Å². The Kier molecular flexibility index (Phi) is 6.42. The average molecular weight is 435 g/mol. The number of hydrogen-bond acceptors (Lipinski definition) is 5. The van der Waals surface area contributed by atoms with Crippen LogP contribution in [-0.2, 0) is 17.6 Å². The van der Waals surface area contributed by atoms with Crippen LogP contribution in [0.2, 0.25) is 0 Å². The third kappa shape index (κ3) is 4.66. The highest BCUT2D eigenvalue weighted by Gasteiger charge is 2.37. The molecule has 2 saturated heterocycles. The molecule has 32 heavy (non-hydrogen) atoms. The van der Waals surface area contributed by atoms with Crippen LogP contribution in [0, 0.1) is 5.92 Å². The first-order valence-electron chi connectivity index (χ1n) is 12.2. The number of aliphatic carboxylic acids is 1. The van der Waals surface area contributed by atoms with E-state index in [9.17, 15) is 9.90 Å². The van der Waals surface area contributed by atoms with Gasteiger partial charge in [0.15, 0.2) is 0 Å². The minimum Gasteiger partial charge on any atom is -0.480 e. The number of nitrogens with one attached hydrogen (secondary N) is 1. The molecule has 3 aliphatic rings. The van der Waals surface area contributed by atoms with Crippen molar-refractivity contribution in [2.45, 2.75) is 50.6 Å². The van der Waals surface area contributed by atoms with Crippen LogP contribution >= 0.6 is 0 Å². The average Bonchev–Trinajstić information content (AvgIpc) is 3.48. The molecule has 0 aliphatic carbocycles. The molecule has 0 bridgehead atoms. The molecule has 2 N–H and O–H groups in total. The van der Waals surface area contributed by atoms with E-state index in [0.717, 1.165) is 63.4 Å². The molecule has 0 radical (unpaired) electrons. The zero-order valence-corrected chi connectivity index (χ0v) is 18.7. The first-order chi connectivity index (χ1) is 15.7. The standard InChI is InChI=1S/C26H34N4O2/c31-26(32)24(20-5-2-1-3-6-20)30-16-13-23(18-30)29-15-12-19(17-29)8-10-22-11-9-21-7-4-14-27-25(21)28-22/h1-3,5-6,9,11,19,23-24H,4,7-8,10,12-18H2,(H,27,28)(H,31,32)/t19-,23-,24?/m1/s1. The van der Waals surface area contributed by atoms with Crippen molar-refractivity contribution < 1.29 is 9.90 Å². The van der Waals surface area contributed by atoms with Crippen LogP contribution in [0.3, 0.4) is 0 Å². The van der Waals surface area contributed by atoms with Crippen LogP contribution in [0.1, 0.15) is 48.5 Å². The van der Waals surface area contributed by atoms with Gasteiger partial charge >= 0.3 is 5.97 Å². The molecule has 6 heteroatoms. The minimum atomic E-state index is -0.747. The summed E-state index contributed by atoms with van der Waals surface area (Å²) in [5, 5.41) is 13.3. The van der Waals surface area contributed by atoms with Crippen LogP contribution < -0.4 is 5.32 Å². The van der Waals surface area contributed by atoms with Crippen LogP contribution in [0.15, 0.2) is 42.5 Å². The van der Waals surface area contributed by atoms with Gasteiger partial charge in [-0.25, -0.2) is 4.98 Å². The Balaban J connectivity index is 1.14. The number of carboxylic acid groups (broad SMARTS) is 1. The highest BCUT2D eigenvalue weighted by atomic mass is 16.4. The molecule has 2 fully saturated rings. The summed E-state index contributed by atoms with van der Waals surface area (Å²) >= 11 is 0. The fourth-order valence-electron chi connectivity index (χ4n) is 5.74. The van der Waals surface area contributed by atoms with E-state index in [1.165, 1.54) is 30.5 Å². The smallest absolute Gasteiger partial charge is 0.325 e. The summed E-state index contributed by atoms with van der Waals surface area (Å²) in [6.45, 7) is 4.99. The number of anilines is 1. The van der Waals surface area contributed by atoms with Gasteiger partial charge in [-0.15, -0.1) is 0 Å². The van der Waals surface area contributed by atoms with E-state index < -0.39 is 12.0 Å². The van der Waals surface area contributed by atoms with Crippen molar-refractivity contribution >= 4 is 11.8 Å². The van der Waals surface area contributed by atoms with E-state index in [1.54, 1.807) is 0 Å². The maximum absolute atomic E-state index is 12.0. The number of fused-ring (bicyclic) bond motifs is 1. The summed E-state index contributed by atoms with van der Waals surface area (Å²) in [5.74, 6) is 1.06. The molecule has 1 aromatic heterocycles. The number of aryl methyl sites for hydroxylation is 2. The van der Waals surface area contributed by atoms with E-state index in [4.69, 9.17) is 4.98 Å². The molecule has 1 aromatic carbocycles. The fraction of sp³-hybridized carbons (Fsp3) is 0.538. The Labute approximate surface area is 190 Å². The SMILES string of the molecule is O=C(O)C(c1ccccc1)N1CC[C@@H](N2CC[C@@H](CCc3ccc4c(n3)NCCC4)C2)C1. The molecule has 170 valence electrons. The van der Waals surface area contributed by atoms with Crippen LogP contribution in [0.5, 0.6) is 0 Å². The predicted molar refractivity (Wildman–Crippen MR) is 126 cm³/mol. The third-order valence-corrected chi connectivity index (χ3v) is 7.50. The molecule has 3 aliphatic heterocycles. The van der Waals surface area contributed by atoms with E-state index in [1.807, 2.05) is 30.3 Å². The van der Waals surface area contributed by atoms with E-state index >= 15 is 0 Å². The normalized spacial score (nSPS) is 24.8. The fourth-order valence-corrected chi connectivity index (χ4v) is 5.74. The lowest BCUT2D eigenvalue weighted by Crippen LogP contribution is -2.38. The Morgan fingerprint density at radius 1 is 1.12 bits per heavy atom. The lowest BCUT2D eigenvalue weighted by Gasteiger charge is -2.27. The molecular formula is C26H34N4O2. The highest BCUT2D eigenvalue weighted by molar-refractivity contribution is 5.75. The lowest BCUT2D eigenvalue weighted by atomic mass is 10.00. The zero-order chi connectivity index (χ0) is 21.9. The van der Waals surface area contributed by atoms with Gasteiger partial charge in [-0.05, 0) is 68.2 Å². The van der Waals surface area contributed by atoms with Crippen molar-refractivity contribution in [3.05, 3.63) is 59.3 Å². The summed E-state index contributed by atoms with van der Waals surface area (Å²) in [7, 11) is 0. The van der Waals surface area contributed by atoms with Gasteiger partial charge < -0.3 is 10.4 Å². The number of pyridine rings is 1. The molecular weight excluding hydrogens is 400 g/mol. The van der Waals surface area contributed by atoms with Gasteiger partial charge in [0.2, 0.25) is 0 Å². The summed E-state index contributed by atoms with van der Waals surface area (Å²) in [6, 6.07) is 14.1. The molecule has 2 aromatic rings. The number of carboxylic acids is 1. The summed E-state index contributed by atoms with van der Waals surface area (Å²) in [4.78, 5) is 21.6. The van der Waals surface area contributed by atoms with Gasteiger partial charge in [-0.1, -0.05) is 36.4 Å². The van der Waals surface area contributed by atoms with Gasteiger partial charge in [0.25, 0.3) is 0 Å². The first kappa shape index (κ1) is 21.4. The first-order valence-corrected chi connectivity index (χ1v) is 12.2. The second-order valence-electron chi connectivity index (χ2n) is 9.62. The summed E-state index contributed by atoms with van der Waals surface area (Å²) < 4.78 is 0. The quantitative estimate of drug-likeness (QED) is 0.694. The predicted octanol–water partition coefficient (Wildman–Crippen LogP) is 3.59. The number of aromatic nitrogens is 1. The molecule has 6 nitrogen and oxygen atoms in total. The lowest BCUT2D eigenvalue weighted by molar-refractivity contribution is -0.143. The molecule has 3 atom stereocenters. The van der Waals surface area contributed by atoms with Crippen molar-refractivity contribution in [1.82, 2.24) is 14.8 Å². The number of carbonyl (C=O) groups is 1. The van der Waals surface area contributed by atoms with E-state index in [2.05, 4.69) is 27.2 Å². The minimum absolute atomic E-state index is 0.469. The van der Waals surface area contributed by atoms with E-state index in [0.29, 0.717) is 12.0 Å². The van der Waals surface area contributed by atoms with Crippen LogP contribution in [-0.4, -0.2) is 64.6 Å². The Morgan fingerprint density at radius 3 is 2.84 bits per heavy atom. The molecule has 0 amide bonds. The Morgan fingerprint density at radius 2 is 2.00 bits per heavy atom. The summed E-state index contributed by atoms with van der Waals surface area (Å²) in [5.41, 5.74) is 3.44. The molecule has 1 unspecified atom stereocenters. The van der Waals surface area contributed by atoms with Gasteiger partial charge in [-0.2, -0.15) is 0 Å². The van der Waals surface area contributed by atoms with E-state index in [-0.39, 0.29) is 0 Å². The number of hydrogen-bond donors (Lipinski definition) is 2. The zero-order valence-electron chi connectivity index (χ0n) is 18.7. The van der Waals surface area contributed by atoms with Gasteiger partial charge in [0.1, 0.15) is 11.9 Å². The highest BCUT2D eigenvalue weighted by Crippen LogP contribution is 2.31. The Bertz CT molecular complexity index is 935. The monoisotopic (exact) mass is 434 g/mol. The number of nitrogens with zero attached hydrogens (tertiary/aromatic N) is 3. The molecule has 5 rings (SSSR count). The van der Waals surface area contributed by atoms with Crippen LogP contribution in [0.4, 0.5) is 5.82 Å². The number of rotatable bonds is 7. The topological polar surface area (TPSA) is 68.7 Å². The largest absolute Gasteiger partial charge is 0.480 e. The van der Waals surface area contributed by atoms with Crippen molar-refractivity contribution in [2.75, 3.05) is 38.0 Å². The van der Waals surface area contributed by atoms with Crippen molar-refractivity contribution in [2.24, 2.45) is 5.92 Å². The molecule has 0 saturated carbocycles. The number of likely N-dealkylation sites (tertiary alicyclic amines) is 2. The van der Waals surface area contributed by atoms with Crippen molar-refractivity contribution in [3.8, 4) is 0 Å². The van der Waals surface area contributed by atoms with Gasteiger partial charge in [0.05, 0.1) is 0 Å².